The van der Waals surface area contributed by atoms with Crippen LogP contribution in [-0.2, 0) is 6.61 Å². The van der Waals surface area contributed by atoms with Crippen LogP contribution in [0, 0.1) is 6.92 Å². The lowest BCUT2D eigenvalue weighted by Crippen LogP contribution is -2.16. The highest BCUT2D eigenvalue weighted by Gasteiger charge is 2.07. The second-order valence-electron chi connectivity index (χ2n) is 6.68. The van der Waals surface area contributed by atoms with E-state index in [1.807, 2.05) is 73.7 Å². The van der Waals surface area contributed by atoms with Gasteiger partial charge in [0.1, 0.15) is 18.0 Å². The molecule has 2 heterocycles. The maximum absolute atomic E-state index is 12.4. The fourth-order valence-corrected chi connectivity index (χ4v) is 3.28. The van der Waals surface area contributed by atoms with Gasteiger partial charge in [0.05, 0.1) is 10.7 Å². The molecule has 0 bridgehead atoms. The standard InChI is InChI=1S/C24H19ClN2O2/c1-17-6-5-9-23-26-22(15-24(28)27(17)23)21(25)14-18-10-12-20(13-11-18)29-16-19-7-3-2-4-8-19/h2-15H,16H2,1H3/b21-14-. The van der Waals surface area contributed by atoms with Gasteiger partial charge in [0, 0.05) is 11.8 Å². The summed E-state index contributed by atoms with van der Waals surface area (Å²) in [5.41, 5.74) is 3.71. The third-order valence-electron chi connectivity index (χ3n) is 4.55. The fourth-order valence-electron chi connectivity index (χ4n) is 3.06. The summed E-state index contributed by atoms with van der Waals surface area (Å²) < 4.78 is 7.36. The first-order valence-corrected chi connectivity index (χ1v) is 9.62. The second-order valence-corrected chi connectivity index (χ2v) is 7.08. The van der Waals surface area contributed by atoms with Crippen molar-refractivity contribution >= 4 is 28.4 Å². The van der Waals surface area contributed by atoms with Gasteiger partial charge in [0.15, 0.2) is 0 Å². The number of benzene rings is 2. The van der Waals surface area contributed by atoms with Gasteiger partial charge in [-0.3, -0.25) is 9.20 Å². The minimum atomic E-state index is -0.153. The molecule has 29 heavy (non-hydrogen) atoms. The van der Waals surface area contributed by atoms with E-state index in [0.29, 0.717) is 23.0 Å². The molecule has 0 aliphatic rings. The van der Waals surface area contributed by atoms with E-state index in [1.54, 1.807) is 16.5 Å². The minimum Gasteiger partial charge on any atom is -0.489 e. The molecule has 0 saturated carbocycles. The van der Waals surface area contributed by atoms with Crippen molar-refractivity contribution < 1.29 is 4.74 Å². The van der Waals surface area contributed by atoms with E-state index in [1.165, 1.54) is 6.07 Å². The van der Waals surface area contributed by atoms with E-state index in [4.69, 9.17) is 16.3 Å². The summed E-state index contributed by atoms with van der Waals surface area (Å²) in [5, 5.41) is 0.407. The number of nitrogens with zero attached hydrogens (tertiary/aromatic N) is 2. The number of fused-ring (bicyclic) bond motifs is 1. The second kappa shape index (κ2) is 8.33. The van der Waals surface area contributed by atoms with Crippen molar-refractivity contribution in [3.05, 3.63) is 112 Å². The number of halogens is 1. The van der Waals surface area contributed by atoms with Crippen molar-refractivity contribution in [1.29, 1.82) is 0 Å². The molecule has 0 aliphatic carbocycles. The monoisotopic (exact) mass is 402 g/mol. The van der Waals surface area contributed by atoms with Gasteiger partial charge >= 0.3 is 0 Å². The number of aryl methyl sites for hydroxylation is 1. The molecule has 2 aromatic carbocycles. The number of rotatable bonds is 5. The average Bonchev–Trinajstić information content (AvgIpc) is 2.74. The molecular formula is C24H19ClN2O2. The molecule has 0 fully saturated rings. The Morgan fingerprint density at radius 3 is 2.55 bits per heavy atom. The predicted molar refractivity (Wildman–Crippen MR) is 117 cm³/mol. The lowest BCUT2D eigenvalue weighted by Gasteiger charge is -2.07. The number of aromatic nitrogens is 2. The van der Waals surface area contributed by atoms with Crippen LogP contribution in [0.2, 0.25) is 0 Å². The van der Waals surface area contributed by atoms with Crippen molar-refractivity contribution in [3.63, 3.8) is 0 Å². The molecule has 4 aromatic rings. The van der Waals surface area contributed by atoms with Crippen LogP contribution < -0.4 is 10.3 Å². The number of hydrogen-bond donors (Lipinski definition) is 0. The van der Waals surface area contributed by atoms with Gasteiger partial charge in [-0.2, -0.15) is 0 Å². The molecule has 0 radical (unpaired) electrons. The Kier molecular flexibility index (Phi) is 5.45. The lowest BCUT2D eigenvalue weighted by atomic mass is 10.2. The van der Waals surface area contributed by atoms with Crippen LogP contribution in [0.3, 0.4) is 0 Å². The highest BCUT2D eigenvalue weighted by Crippen LogP contribution is 2.22. The Morgan fingerprint density at radius 1 is 1.03 bits per heavy atom. The van der Waals surface area contributed by atoms with Crippen molar-refractivity contribution in [2.45, 2.75) is 13.5 Å². The molecule has 144 valence electrons. The summed E-state index contributed by atoms with van der Waals surface area (Å²) >= 11 is 6.45. The Morgan fingerprint density at radius 2 is 1.79 bits per heavy atom. The Hall–Kier alpha value is -3.37. The lowest BCUT2D eigenvalue weighted by molar-refractivity contribution is 0.306. The zero-order valence-corrected chi connectivity index (χ0v) is 16.6. The summed E-state index contributed by atoms with van der Waals surface area (Å²) in [4.78, 5) is 16.9. The van der Waals surface area contributed by atoms with E-state index in [9.17, 15) is 4.79 Å². The average molecular weight is 403 g/mol. The normalized spacial score (nSPS) is 11.6. The summed E-state index contributed by atoms with van der Waals surface area (Å²) in [5.74, 6) is 0.777. The van der Waals surface area contributed by atoms with Crippen LogP contribution in [0.4, 0.5) is 0 Å². The van der Waals surface area contributed by atoms with E-state index >= 15 is 0 Å². The highest BCUT2D eigenvalue weighted by molar-refractivity contribution is 6.51. The number of ether oxygens (including phenoxy) is 1. The molecule has 0 spiro atoms. The van der Waals surface area contributed by atoms with Crippen molar-refractivity contribution in [3.8, 4) is 5.75 Å². The Bertz CT molecular complexity index is 1230. The maximum atomic E-state index is 12.4. The van der Waals surface area contributed by atoms with E-state index in [2.05, 4.69) is 4.98 Å². The van der Waals surface area contributed by atoms with E-state index in [-0.39, 0.29) is 5.56 Å². The molecule has 0 unspecified atom stereocenters. The van der Waals surface area contributed by atoms with Gasteiger partial charge in [-0.1, -0.05) is 60.1 Å². The maximum Gasteiger partial charge on any atom is 0.258 e. The van der Waals surface area contributed by atoms with Crippen LogP contribution in [-0.4, -0.2) is 9.38 Å². The first-order chi connectivity index (χ1) is 14.1. The van der Waals surface area contributed by atoms with Crippen LogP contribution in [0.5, 0.6) is 5.75 Å². The summed E-state index contributed by atoms with van der Waals surface area (Å²) in [6.07, 6.45) is 1.79. The van der Waals surface area contributed by atoms with Gasteiger partial charge in [-0.15, -0.1) is 0 Å². The number of pyridine rings is 1. The molecule has 0 amide bonds. The minimum absolute atomic E-state index is 0.153. The Labute approximate surface area is 173 Å². The molecule has 0 N–H and O–H groups in total. The molecular weight excluding hydrogens is 384 g/mol. The molecule has 4 nitrogen and oxygen atoms in total. The van der Waals surface area contributed by atoms with Crippen molar-refractivity contribution in [1.82, 2.24) is 9.38 Å². The summed E-state index contributed by atoms with van der Waals surface area (Å²) in [6.45, 7) is 2.38. The number of hydrogen-bond acceptors (Lipinski definition) is 3. The molecule has 5 heteroatoms. The molecule has 0 saturated heterocycles. The summed E-state index contributed by atoms with van der Waals surface area (Å²) in [6, 6.07) is 24.6. The zero-order chi connectivity index (χ0) is 20.2. The Balaban J connectivity index is 1.53. The van der Waals surface area contributed by atoms with Gasteiger partial charge < -0.3 is 4.74 Å². The van der Waals surface area contributed by atoms with Crippen LogP contribution in [0.15, 0.2) is 83.7 Å². The quantitative estimate of drug-likeness (QED) is 0.454. The van der Waals surface area contributed by atoms with Crippen LogP contribution in [0.1, 0.15) is 22.5 Å². The van der Waals surface area contributed by atoms with Gasteiger partial charge in [-0.25, -0.2) is 4.98 Å². The van der Waals surface area contributed by atoms with E-state index < -0.39 is 0 Å². The zero-order valence-electron chi connectivity index (χ0n) is 15.9. The SMILES string of the molecule is Cc1cccc2nc(/C(Cl)=C/c3ccc(OCc4ccccc4)cc3)cc(=O)n12. The first kappa shape index (κ1) is 19.0. The molecule has 0 aliphatic heterocycles. The third-order valence-corrected chi connectivity index (χ3v) is 4.85. The van der Waals surface area contributed by atoms with Crippen molar-refractivity contribution in [2.75, 3.05) is 0 Å². The predicted octanol–water partition coefficient (Wildman–Crippen LogP) is 5.32. The van der Waals surface area contributed by atoms with Crippen LogP contribution >= 0.6 is 11.6 Å². The topological polar surface area (TPSA) is 43.6 Å². The molecule has 0 atom stereocenters. The van der Waals surface area contributed by atoms with Gasteiger partial charge in [-0.05, 0) is 48.4 Å². The highest BCUT2D eigenvalue weighted by atomic mass is 35.5. The van der Waals surface area contributed by atoms with Gasteiger partial charge in [0.25, 0.3) is 5.56 Å². The molecule has 4 rings (SSSR count). The fraction of sp³-hybridized carbons (Fsp3) is 0.0833. The smallest absolute Gasteiger partial charge is 0.258 e. The van der Waals surface area contributed by atoms with Crippen LogP contribution in [0.25, 0.3) is 16.8 Å². The molecule has 2 aromatic heterocycles. The summed E-state index contributed by atoms with van der Waals surface area (Å²) in [7, 11) is 0. The first-order valence-electron chi connectivity index (χ1n) is 9.24. The van der Waals surface area contributed by atoms with Crippen molar-refractivity contribution in [2.24, 2.45) is 0 Å². The third kappa shape index (κ3) is 4.39. The largest absolute Gasteiger partial charge is 0.489 e. The van der Waals surface area contributed by atoms with E-state index in [0.717, 1.165) is 22.6 Å². The van der Waals surface area contributed by atoms with Gasteiger partial charge in [0.2, 0.25) is 0 Å².